The van der Waals surface area contributed by atoms with E-state index in [1.54, 1.807) is 24.4 Å². The monoisotopic (exact) mass is 394 g/mol. The maximum absolute atomic E-state index is 12.2. The maximum Gasteiger partial charge on any atom is 0.248 e. The van der Waals surface area contributed by atoms with Crippen molar-refractivity contribution in [3.8, 4) is 5.69 Å². The molecule has 0 spiro atoms. The molecule has 3 aromatic rings. The van der Waals surface area contributed by atoms with Gasteiger partial charge in [0.15, 0.2) is 5.16 Å². The molecule has 0 fully saturated rings. The van der Waals surface area contributed by atoms with Crippen LogP contribution in [0.5, 0.6) is 0 Å². The highest BCUT2D eigenvalue weighted by atomic mass is 32.2. The Bertz CT molecular complexity index is 993. The van der Waals surface area contributed by atoms with Crippen LogP contribution < -0.4 is 11.1 Å². The van der Waals surface area contributed by atoms with E-state index in [-0.39, 0.29) is 11.7 Å². The zero-order chi connectivity index (χ0) is 20.1. The number of hydrogen-bond acceptors (Lipinski definition) is 4. The minimum Gasteiger partial charge on any atom is -0.366 e. The average Bonchev–Trinajstić information content (AvgIpc) is 3.13. The van der Waals surface area contributed by atoms with Gasteiger partial charge in [-0.2, -0.15) is 0 Å². The first kappa shape index (κ1) is 19.7. The molecule has 0 atom stereocenters. The lowest BCUT2D eigenvalue weighted by molar-refractivity contribution is -0.118. The second kappa shape index (κ2) is 8.75. The highest BCUT2D eigenvalue weighted by Crippen LogP contribution is 2.22. The number of aromatic nitrogens is 2. The lowest BCUT2D eigenvalue weighted by Crippen LogP contribution is -2.25. The molecule has 0 aliphatic carbocycles. The van der Waals surface area contributed by atoms with Crippen molar-refractivity contribution in [2.45, 2.75) is 25.5 Å². The molecule has 7 heteroatoms. The van der Waals surface area contributed by atoms with Crippen molar-refractivity contribution in [3.05, 3.63) is 77.1 Å². The van der Waals surface area contributed by atoms with E-state index in [4.69, 9.17) is 5.73 Å². The molecule has 28 heavy (non-hydrogen) atoms. The number of primary amides is 1. The van der Waals surface area contributed by atoms with Gasteiger partial charge in [-0.15, -0.1) is 0 Å². The Balaban J connectivity index is 1.59. The molecule has 0 unspecified atom stereocenters. The van der Waals surface area contributed by atoms with Crippen molar-refractivity contribution in [2.75, 3.05) is 5.75 Å². The molecule has 0 saturated carbocycles. The fourth-order valence-electron chi connectivity index (χ4n) is 2.90. The summed E-state index contributed by atoms with van der Waals surface area (Å²) < 4.78 is 1.98. The summed E-state index contributed by atoms with van der Waals surface area (Å²) in [7, 11) is 0. The predicted molar refractivity (Wildman–Crippen MR) is 111 cm³/mol. The number of carbonyl (C=O) groups excluding carboxylic acids is 2. The van der Waals surface area contributed by atoms with Crippen LogP contribution >= 0.6 is 11.8 Å². The fraction of sp³-hybridized carbons (Fsp3) is 0.190. The van der Waals surface area contributed by atoms with Crippen LogP contribution in [0, 0.1) is 13.8 Å². The van der Waals surface area contributed by atoms with Gasteiger partial charge in [-0.05, 0) is 54.8 Å². The number of rotatable bonds is 7. The Morgan fingerprint density at radius 2 is 1.89 bits per heavy atom. The number of imidazole rings is 1. The standard InChI is InChI=1S/C21H22N4O2S/c1-14-8-15(2)10-18(9-14)25-7-6-23-21(25)28-13-19(26)24-12-16-4-3-5-17(11-16)20(22)27/h3-11H,12-13H2,1-2H3,(H2,22,27)(H,24,26). The molecule has 0 saturated heterocycles. The summed E-state index contributed by atoms with van der Waals surface area (Å²) in [6, 6.07) is 13.2. The zero-order valence-electron chi connectivity index (χ0n) is 15.8. The number of nitrogens with one attached hydrogen (secondary N) is 1. The van der Waals surface area contributed by atoms with Crippen LogP contribution in [-0.2, 0) is 11.3 Å². The Kier molecular flexibility index (Phi) is 6.16. The molecule has 3 N–H and O–H groups in total. The van der Waals surface area contributed by atoms with Gasteiger partial charge in [0.05, 0.1) is 5.75 Å². The van der Waals surface area contributed by atoms with Crippen molar-refractivity contribution in [1.29, 1.82) is 0 Å². The number of benzene rings is 2. The number of nitrogens with two attached hydrogens (primary N) is 1. The van der Waals surface area contributed by atoms with E-state index >= 15 is 0 Å². The molecular weight excluding hydrogens is 372 g/mol. The number of thioether (sulfide) groups is 1. The zero-order valence-corrected chi connectivity index (χ0v) is 16.6. The van der Waals surface area contributed by atoms with Gasteiger partial charge in [0, 0.05) is 30.2 Å². The first-order chi connectivity index (χ1) is 13.4. The van der Waals surface area contributed by atoms with E-state index in [2.05, 4.69) is 42.3 Å². The summed E-state index contributed by atoms with van der Waals surface area (Å²) in [5.74, 6) is -0.344. The number of amides is 2. The van der Waals surface area contributed by atoms with Gasteiger partial charge >= 0.3 is 0 Å². The van der Waals surface area contributed by atoms with Gasteiger partial charge in [0.1, 0.15) is 0 Å². The van der Waals surface area contributed by atoms with E-state index in [0.717, 1.165) is 16.4 Å². The third kappa shape index (κ3) is 5.01. The van der Waals surface area contributed by atoms with Crippen LogP contribution in [-0.4, -0.2) is 27.1 Å². The summed E-state index contributed by atoms with van der Waals surface area (Å²) in [6.07, 6.45) is 3.62. The lowest BCUT2D eigenvalue weighted by atomic mass is 10.1. The molecule has 6 nitrogen and oxygen atoms in total. The highest BCUT2D eigenvalue weighted by Gasteiger charge is 2.10. The van der Waals surface area contributed by atoms with E-state index in [9.17, 15) is 9.59 Å². The number of nitrogens with zero attached hydrogens (tertiary/aromatic N) is 2. The molecule has 144 valence electrons. The molecule has 1 aromatic heterocycles. The Morgan fingerprint density at radius 1 is 1.14 bits per heavy atom. The summed E-state index contributed by atoms with van der Waals surface area (Å²) in [4.78, 5) is 27.8. The van der Waals surface area contributed by atoms with Crippen LogP contribution in [0.15, 0.2) is 60.0 Å². The van der Waals surface area contributed by atoms with Gasteiger partial charge in [0.2, 0.25) is 11.8 Å². The van der Waals surface area contributed by atoms with Gasteiger partial charge in [0.25, 0.3) is 0 Å². The molecule has 1 heterocycles. The van der Waals surface area contributed by atoms with Crippen molar-refractivity contribution in [2.24, 2.45) is 5.73 Å². The van der Waals surface area contributed by atoms with E-state index < -0.39 is 5.91 Å². The molecule has 2 amide bonds. The highest BCUT2D eigenvalue weighted by molar-refractivity contribution is 7.99. The van der Waals surface area contributed by atoms with Gasteiger partial charge in [-0.1, -0.05) is 30.0 Å². The molecule has 0 bridgehead atoms. The van der Waals surface area contributed by atoms with Crippen LogP contribution in [0.4, 0.5) is 0 Å². The second-order valence-corrected chi connectivity index (χ2v) is 7.50. The summed E-state index contributed by atoms with van der Waals surface area (Å²) in [5.41, 5.74) is 9.92. The number of hydrogen-bond donors (Lipinski definition) is 2. The first-order valence-electron chi connectivity index (χ1n) is 8.82. The van der Waals surface area contributed by atoms with Gasteiger partial charge in [-0.25, -0.2) is 4.98 Å². The fourth-order valence-corrected chi connectivity index (χ4v) is 3.70. The summed E-state index contributed by atoms with van der Waals surface area (Å²) >= 11 is 1.38. The number of carbonyl (C=O) groups is 2. The third-order valence-corrected chi connectivity index (χ3v) is 5.09. The SMILES string of the molecule is Cc1cc(C)cc(-n2ccnc2SCC(=O)NCc2cccc(C(N)=O)c2)c1. The van der Waals surface area contributed by atoms with E-state index in [0.29, 0.717) is 12.1 Å². The Labute approximate surface area is 168 Å². The smallest absolute Gasteiger partial charge is 0.248 e. The van der Waals surface area contributed by atoms with Gasteiger partial charge in [-0.3, -0.25) is 14.2 Å². The normalized spacial score (nSPS) is 10.6. The largest absolute Gasteiger partial charge is 0.366 e. The lowest BCUT2D eigenvalue weighted by Gasteiger charge is -2.10. The molecule has 0 aliphatic rings. The second-order valence-electron chi connectivity index (χ2n) is 6.56. The molecule has 0 aliphatic heterocycles. The van der Waals surface area contributed by atoms with Crippen LogP contribution in [0.2, 0.25) is 0 Å². The van der Waals surface area contributed by atoms with Crippen LogP contribution in [0.1, 0.15) is 27.0 Å². The minimum absolute atomic E-state index is 0.107. The van der Waals surface area contributed by atoms with E-state index in [1.165, 1.54) is 22.9 Å². The van der Waals surface area contributed by atoms with Crippen LogP contribution in [0.25, 0.3) is 5.69 Å². The molecular formula is C21H22N4O2S. The quantitative estimate of drug-likeness (QED) is 0.603. The van der Waals surface area contributed by atoms with Gasteiger partial charge < -0.3 is 11.1 Å². The first-order valence-corrected chi connectivity index (χ1v) is 9.81. The number of aryl methyl sites for hydroxylation is 2. The van der Waals surface area contributed by atoms with Crippen molar-refractivity contribution in [3.63, 3.8) is 0 Å². The van der Waals surface area contributed by atoms with E-state index in [1.807, 2.05) is 16.8 Å². The Hall–Kier alpha value is -3.06. The van der Waals surface area contributed by atoms with Crippen molar-refractivity contribution < 1.29 is 9.59 Å². The van der Waals surface area contributed by atoms with Crippen LogP contribution in [0.3, 0.4) is 0 Å². The average molecular weight is 395 g/mol. The minimum atomic E-state index is -0.484. The Morgan fingerprint density at radius 3 is 2.61 bits per heavy atom. The predicted octanol–water partition coefficient (Wildman–Crippen LogP) is 3.00. The molecule has 0 radical (unpaired) electrons. The van der Waals surface area contributed by atoms with Crippen molar-refractivity contribution >= 4 is 23.6 Å². The summed E-state index contributed by atoms with van der Waals surface area (Å²) in [5, 5.41) is 3.62. The summed E-state index contributed by atoms with van der Waals surface area (Å²) in [6.45, 7) is 4.45. The van der Waals surface area contributed by atoms with Crippen molar-refractivity contribution in [1.82, 2.24) is 14.9 Å². The topological polar surface area (TPSA) is 90.0 Å². The molecule has 2 aromatic carbocycles. The third-order valence-electron chi connectivity index (χ3n) is 4.12. The maximum atomic E-state index is 12.2. The molecule has 3 rings (SSSR count).